The minimum Gasteiger partial charge on any atom is -0.354 e. The van der Waals surface area contributed by atoms with Gasteiger partial charge in [-0.3, -0.25) is 0 Å². The van der Waals surface area contributed by atoms with Crippen LogP contribution in [0.1, 0.15) is 12.6 Å². The summed E-state index contributed by atoms with van der Waals surface area (Å²) < 4.78 is 65.8. The maximum Gasteiger partial charge on any atom is 0.433 e. The lowest BCUT2D eigenvalue weighted by Crippen LogP contribution is -2.13. The molecule has 21 heavy (non-hydrogen) atoms. The van der Waals surface area contributed by atoms with Crippen molar-refractivity contribution in [2.75, 3.05) is 11.9 Å². The Morgan fingerprint density at radius 1 is 1.10 bits per heavy atom. The van der Waals surface area contributed by atoms with Crippen LogP contribution in [0.4, 0.5) is 27.9 Å². The van der Waals surface area contributed by atoms with E-state index in [0.717, 1.165) is 18.2 Å². The summed E-state index contributed by atoms with van der Waals surface area (Å²) in [4.78, 5) is 7.01. The number of halogens is 5. The first-order valence-corrected chi connectivity index (χ1v) is 5.97. The average Bonchev–Trinajstić information content (AvgIpc) is 2.37. The van der Waals surface area contributed by atoms with Gasteiger partial charge in [0.15, 0.2) is 5.69 Å². The summed E-state index contributed by atoms with van der Waals surface area (Å²) in [6, 6.07) is 3.52. The van der Waals surface area contributed by atoms with Crippen molar-refractivity contribution in [1.82, 2.24) is 9.97 Å². The van der Waals surface area contributed by atoms with Crippen molar-refractivity contribution in [3.8, 4) is 11.3 Å². The predicted molar refractivity (Wildman–Crippen MR) is 66.5 cm³/mol. The molecular formula is C13H10F5N3. The van der Waals surface area contributed by atoms with Crippen LogP contribution >= 0.6 is 0 Å². The molecule has 2 rings (SSSR count). The monoisotopic (exact) mass is 303 g/mol. The van der Waals surface area contributed by atoms with E-state index in [2.05, 4.69) is 15.3 Å². The molecule has 112 valence electrons. The molecule has 0 fully saturated rings. The summed E-state index contributed by atoms with van der Waals surface area (Å²) in [5.74, 6) is -2.33. The Hall–Kier alpha value is -2.25. The van der Waals surface area contributed by atoms with Crippen molar-refractivity contribution in [3.63, 3.8) is 0 Å². The molecule has 1 aromatic carbocycles. The van der Waals surface area contributed by atoms with Crippen LogP contribution in [0.5, 0.6) is 0 Å². The van der Waals surface area contributed by atoms with Gasteiger partial charge in [0.1, 0.15) is 11.6 Å². The van der Waals surface area contributed by atoms with Gasteiger partial charge in [-0.25, -0.2) is 18.7 Å². The second kappa shape index (κ2) is 5.63. The van der Waals surface area contributed by atoms with Gasteiger partial charge in [0, 0.05) is 6.54 Å². The fourth-order valence-corrected chi connectivity index (χ4v) is 1.70. The number of nitrogens with zero attached hydrogens (tertiary/aromatic N) is 2. The van der Waals surface area contributed by atoms with E-state index in [1.165, 1.54) is 0 Å². The third-order valence-electron chi connectivity index (χ3n) is 2.57. The van der Waals surface area contributed by atoms with Gasteiger partial charge in [0.25, 0.3) is 0 Å². The molecule has 0 unspecified atom stereocenters. The molecule has 0 saturated heterocycles. The molecule has 0 spiro atoms. The molecular weight excluding hydrogens is 293 g/mol. The summed E-state index contributed by atoms with van der Waals surface area (Å²) in [6.45, 7) is 1.90. The number of hydrogen-bond acceptors (Lipinski definition) is 3. The van der Waals surface area contributed by atoms with Crippen LogP contribution in [-0.2, 0) is 6.18 Å². The van der Waals surface area contributed by atoms with Gasteiger partial charge < -0.3 is 5.32 Å². The molecule has 0 atom stereocenters. The summed E-state index contributed by atoms with van der Waals surface area (Å²) in [5.41, 5.74) is -2.36. The van der Waals surface area contributed by atoms with Crippen molar-refractivity contribution >= 4 is 5.95 Å². The van der Waals surface area contributed by atoms with Crippen LogP contribution in [0.15, 0.2) is 24.3 Å². The van der Waals surface area contributed by atoms with Crippen LogP contribution in [0.25, 0.3) is 11.3 Å². The Morgan fingerprint density at radius 2 is 1.71 bits per heavy atom. The van der Waals surface area contributed by atoms with Gasteiger partial charge in [0.05, 0.1) is 11.3 Å². The van der Waals surface area contributed by atoms with Crippen molar-refractivity contribution in [3.05, 3.63) is 41.6 Å². The van der Waals surface area contributed by atoms with Gasteiger partial charge in [0.2, 0.25) is 5.95 Å². The lowest BCUT2D eigenvalue weighted by atomic mass is 10.1. The van der Waals surface area contributed by atoms with Crippen molar-refractivity contribution in [1.29, 1.82) is 0 Å². The van der Waals surface area contributed by atoms with E-state index >= 15 is 0 Å². The van der Waals surface area contributed by atoms with Gasteiger partial charge in [-0.2, -0.15) is 13.2 Å². The van der Waals surface area contributed by atoms with Crippen LogP contribution in [-0.4, -0.2) is 16.5 Å². The minimum absolute atomic E-state index is 0.264. The zero-order chi connectivity index (χ0) is 15.6. The molecule has 0 aliphatic heterocycles. The van der Waals surface area contributed by atoms with Crippen molar-refractivity contribution in [2.45, 2.75) is 13.1 Å². The Balaban J connectivity index is 2.65. The lowest BCUT2D eigenvalue weighted by molar-refractivity contribution is -0.141. The quantitative estimate of drug-likeness (QED) is 0.875. The van der Waals surface area contributed by atoms with E-state index in [-0.39, 0.29) is 12.5 Å². The fourth-order valence-electron chi connectivity index (χ4n) is 1.70. The largest absolute Gasteiger partial charge is 0.433 e. The van der Waals surface area contributed by atoms with E-state index in [1.807, 2.05) is 0 Å². The standard InChI is InChI=1S/C13H10F5N3/c1-2-19-12-20-9(6-10(21-12)13(16,17)18)11-7(14)4-3-5-8(11)15/h3-6H,2H2,1H3,(H,19,20,21). The van der Waals surface area contributed by atoms with Crippen LogP contribution in [0.2, 0.25) is 0 Å². The number of aromatic nitrogens is 2. The molecule has 1 heterocycles. The average molecular weight is 303 g/mol. The van der Waals surface area contributed by atoms with E-state index in [4.69, 9.17) is 0 Å². The lowest BCUT2D eigenvalue weighted by Gasteiger charge is -2.11. The second-order valence-electron chi connectivity index (χ2n) is 4.09. The third kappa shape index (κ3) is 3.26. The maximum atomic E-state index is 13.7. The molecule has 0 aliphatic carbocycles. The van der Waals surface area contributed by atoms with E-state index in [9.17, 15) is 22.0 Å². The van der Waals surface area contributed by atoms with Gasteiger partial charge in [-0.1, -0.05) is 6.07 Å². The Kier molecular flexibility index (Phi) is 4.06. The highest BCUT2D eigenvalue weighted by molar-refractivity contribution is 5.62. The number of alkyl halides is 3. The van der Waals surface area contributed by atoms with Crippen molar-refractivity contribution in [2.24, 2.45) is 0 Å². The molecule has 3 nitrogen and oxygen atoms in total. The highest BCUT2D eigenvalue weighted by Gasteiger charge is 2.34. The Morgan fingerprint density at radius 3 is 2.24 bits per heavy atom. The van der Waals surface area contributed by atoms with Gasteiger partial charge in [-0.15, -0.1) is 0 Å². The molecule has 1 aromatic heterocycles. The van der Waals surface area contributed by atoms with Gasteiger partial charge >= 0.3 is 6.18 Å². The molecule has 0 amide bonds. The van der Waals surface area contributed by atoms with E-state index in [1.54, 1.807) is 6.92 Å². The predicted octanol–water partition coefficient (Wildman–Crippen LogP) is 3.87. The van der Waals surface area contributed by atoms with Crippen LogP contribution < -0.4 is 5.32 Å². The summed E-state index contributed by atoms with van der Waals surface area (Å²) >= 11 is 0. The summed E-state index contributed by atoms with van der Waals surface area (Å²) in [7, 11) is 0. The minimum atomic E-state index is -4.75. The molecule has 0 saturated carbocycles. The maximum absolute atomic E-state index is 13.7. The highest BCUT2D eigenvalue weighted by atomic mass is 19.4. The van der Waals surface area contributed by atoms with Crippen LogP contribution in [0, 0.1) is 11.6 Å². The summed E-state index contributed by atoms with van der Waals surface area (Å²) in [6.07, 6.45) is -4.75. The second-order valence-corrected chi connectivity index (χ2v) is 4.09. The van der Waals surface area contributed by atoms with Crippen molar-refractivity contribution < 1.29 is 22.0 Å². The topological polar surface area (TPSA) is 37.8 Å². The zero-order valence-electron chi connectivity index (χ0n) is 10.8. The molecule has 0 radical (unpaired) electrons. The number of nitrogens with one attached hydrogen (secondary N) is 1. The number of anilines is 1. The Bertz CT molecular complexity index is 634. The third-order valence-corrected chi connectivity index (χ3v) is 2.57. The van der Waals surface area contributed by atoms with Gasteiger partial charge in [-0.05, 0) is 25.1 Å². The van der Waals surface area contributed by atoms with E-state index in [0.29, 0.717) is 6.07 Å². The smallest absolute Gasteiger partial charge is 0.354 e. The molecule has 2 aromatic rings. The first-order chi connectivity index (χ1) is 9.82. The number of benzene rings is 1. The number of rotatable bonds is 3. The molecule has 8 heteroatoms. The summed E-state index contributed by atoms with van der Waals surface area (Å²) in [5, 5.41) is 2.50. The Labute approximate surface area is 116 Å². The van der Waals surface area contributed by atoms with E-state index < -0.39 is 34.8 Å². The normalized spacial score (nSPS) is 11.5. The van der Waals surface area contributed by atoms with Crippen LogP contribution in [0.3, 0.4) is 0 Å². The SMILES string of the molecule is CCNc1nc(-c2c(F)cccc2F)cc(C(F)(F)F)n1. The zero-order valence-corrected chi connectivity index (χ0v) is 10.8. The first-order valence-electron chi connectivity index (χ1n) is 5.97. The number of hydrogen-bond donors (Lipinski definition) is 1. The molecule has 1 N–H and O–H groups in total. The molecule has 0 bridgehead atoms. The fraction of sp³-hybridized carbons (Fsp3) is 0.231. The molecule has 0 aliphatic rings. The first kappa shape index (κ1) is 15.1. The highest BCUT2D eigenvalue weighted by Crippen LogP contribution is 2.32.